The van der Waals surface area contributed by atoms with Crippen molar-refractivity contribution in [2.45, 2.75) is 35.8 Å². The summed E-state index contributed by atoms with van der Waals surface area (Å²) in [6, 6.07) is 8.43. The molecule has 0 fully saturated rings. The van der Waals surface area contributed by atoms with Gasteiger partial charge in [0.05, 0.1) is 28.0 Å². The van der Waals surface area contributed by atoms with Crippen LogP contribution in [0.3, 0.4) is 0 Å². The van der Waals surface area contributed by atoms with Gasteiger partial charge >= 0.3 is 0 Å². The molecule has 5 nitrogen and oxygen atoms in total. The molecule has 28 heavy (non-hydrogen) atoms. The van der Waals surface area contributed by atoms with Crippen molar-refractivity contribution < 1.29 is 17.6 Å². The highest BCUT2D eigenvalue weighted by Gasteiger charge is 2.25. The fourth-order valence-corrected chi connectivity index (χ4v) is 5.53. The van der Waals surface area contributed by atoms with Crippen molar-refractivity contribution in [3.63, 3.8) is 0 Å². The third-order valence-corrected chi connectivity index (χ3v) is 7.32. The van der Waals surface area contributed by atoms with Crippen LogP contribution in [0.1, 0.15) is 22.5 Å². The highest BCUT2D eigenvalue weighted by molar-refractivity contribution is 7.91. The van der Waals surface area contributed by atoms with Crippen LogP contribution in [-0.4, -0.2) is 21.6 Å². The summed E-state index contributed by atoms with van der Waals surface area (Å²) >= 11 is 6.40. The zero-order valence-corrected chi connectivity index (χ0v) is 17.3. The lowest BCUT2D eigenvalue weighted by Gasteiger charge is -2.17. The van der Waals surface area contributed by atoms with E-state index in [0.29, 0.717) is 30.4 Å². The second-order valence-corrected chi connectivity index (χ2v) is 9.31. The first-order valence-corrected chi connectivity index (χ1v) is 10.8. The smallest absolute Gasteiger partial charge is 0.206 e. The molecule has 148 valence electrons. The molecule has 0 bridgehead atoms. The summed E-state index contributed by atoms with van der Waals surface area (Å²) in [5.74, 6) is 0.883. The molecule has 0 radical (unpaired) electrons. The van der Waals surface area contributed by atoms with Gasteiger partial charge in [-0.1, -0.05) is 17.7 Å². The van der Waals surface area contributed by atoms with Crippen molar-refractivity contribution in [2.24, 2.45) is 0 Å². The average molecular weight is 440 g/mol. The fourth-order valence-electron chi connectivity index (χ4n) is 3.84. The molecule has 2 aliphatic heterocycles. The van der Waals surface area contributed by atoms with Crippen LogP contribution < -0.4 is 5.32 Å². The first-order chi connectivity index (χ1) is 13.0. The van der Waals surface area contributed by atoms with Crippen LogP contribution in [0, 0.1) is 0 Å². The predicted octanol–water partition coefficient (Wildman–Crippen LogP) is 4.06. The zero-order valence-electron chi connectivity index (χ0n) is 15.0. The third-order valence-electron chi connectivity index (χ3n) is 5.31. The lowest BCUT2D eigenvalue weighted by Crippen LogP contribution is -2.22. The Morgan fingerprint density at radius 3 is 2.75 bits per heavy atom. The summed E-state index contributed by atoms with van der Waals surface area (Å²) in [5.41, 5.74) is 3.63. The second-order valence-electron chi connectivity index (χ2n) is 6.95. The van der Waals surface area contributed by atoms with Gasteiger partial charge in [0, 0.05) is 30.5 Å². The van der Waals surface area contributed by atoms with Crippen LogP contribution in [0.2, 0.25) is 5.02 Å². The number of furan rings is 1. The molecule has 5 rings (SSSR count). The summed E-state index contributed by atoms with van der Waals surface area (Å²) in [5, 5.41) is 4.40. The Kier molecular flexibility index (Phi) is 5.18. The van der Waals surface area contributed by atoms with E-state index in [2.05, 4.69) is 5.32 Å². The molecule has 8 heteroatoms. The molecule has 0 aliphatic carbocycles. The van der Waals surface area contributed by atoms with Crippen LogP contribution in [0.4, 0.5) is 0 Å². The summed E-state index contributed by atoms with van der Waals surface area (Å²) < 4.78 is 37.9. The summed E-state index contributed by atoms with van der Waals surface area (Å²) in [4.78, 5) is 0.482. The van der Waals surface area contributed by atoms with E-state index in [-0.39, 0.29) is 22.2 Å². The summed E-state index contributed by atoms with van der Waals surface area (Å²) in [6.45, 7) is 2.64. The topological polar surface area (TPSA) is 68.5 Å². The number of halogens is 2. The number of benzene rings is 2. The highest BCUT2D eigenvalue weighted by Crippen LogP contribution is 2.37. The molecule has 0 saturated carbocycles. The molecule has 2 aliphatic rings. The van der Waals surface area contributed by atoms with Gasteiger partial charge in [-0.05, 0) is 41.8 Å². The maximum absolute atomic E-state index is 13.3. The highest BCUT2D eigenvalue weighted by atomic mass is 35.5. The lowest BCUT2D eigenvalue weighted by molar-refractivity contribution is 0.110. The van der Waals surface area contributed by atoms with E-state index in [0.717, 1.165) is 47.2 Å². The van der Waals surface area contributed by atoms with Gasteiger partial charge in [0.25, 0.3) is 0 Å². The van der Waals surface area contributed by atoms with Crippen LogP contribution in [-0.2, 0) is 40.6 Å². The van der Waals surface area contributed by atoms with Crippen LogP contribution in [0.25, 0.3) is 11.0 Å². The normalized spacial score (nSPS) is 16.3. The molecule has 1 N–H and O–H groups in total. The molecule has 0 spiro atoms. The molecule has 0 saturated heterocycles. The monoisotopic (exact) mass is 439 g/mol. The first kappa shape index (κ1) is 19.7. The van der Waals surface area contributed by atoms with Gasteiger partial charge in [0.1, 0.15) is 5.76 Å². The van der Waals surface area contributed by atoms with E-state index in [1.807, 2.05) is 6.07 Å². The summed E-state index contributed by atoms with van der Waals surface area (Å²) in [6.07, 6.45) is 1.49. The van der Waals surface area contributed by atoms with Crippen LogP contribution in [0.5, 0.6) is 0 Å². The lowest BCUT2D eigenvalue weighted by atomic mass is 10.0. The first-order valence-electron chi connectivity index (χ1n) is 8.93. The number of rotatable bonds is 2. The maximum Gasteiger partial charge on any atom is 0.206 e. The van der Waals surface area contributed by atoms with Crippen molar-refractivity contribution in [1.82, 2.24) is 5.32 Å². The molecular formula is C20H19Cl2NO4S. The number of ether oxygens (including phenoxy) is 1. The minimum atomic E-state index is -3.68. The molecule has 0 atom stereocenters. The molecule has 0 unspecified atom stereocenters. The Hall–Kier alpha value is -1.57. The van der Waals surface area contributed by atoms with Gasteiger partial charge in [0.2, 0.25) is 9.84 Å². The molecule has 3 aromatic rings. The number of hydrogen-bond donors (Lipinski definition) is 1. The van der Waals surface area contributed by atoms with Crippen LogP contribution >= 0.6 is 24.0 Å². The Labute approximate surface area is 174 Å². The van der Waals surface area contributed by atoms with E-state index in [9.17, 15) is 8.42 Å². The molecule has 0 amide bonds. The minimum absolute atomic E-state index is 0. The van der Waals surface area contributed by atoms with Crippen molar-refractivity contribution >= 4 is 44.8 Å². The number of fused-ring (bicyclic) bond motifs is 4. The van der Waals surface area contributed by atoms with Crippen molar-refractivity contribution in [3.05, 3.63) is 57.8 Å². The Morgan fingerprint density at radius 1 is 1.04 bits per heavy atom. The van der Waals surface area contributed by atoms with Gasteiger partial charge in [-0.2, -0.15) is 0 Å². The maximum atomic E-state index is 13.3. The fraction of sp³-hybridized carbons (Fsp3) is 0.300. The Bertz CT molecular complexity index is 1170. The van der Waals surface area contributed by atoms with E-state index in [1.165, 1.54) is 6.07 Å². The standard InChI is InChI=1S/C20H18ClNO4S.ClH/c21-18-9-15(8-16-17-10-22-5-3-19(17)26-20(16)18)27(23,24)14-2-1-13-11-25-6-4-12(13)7-14;/h1-2,7-9,22H,3-6,10-11H2;1H. The van der Waals surface area contributed by atoms with Crippen molar-refractivity contribution in [3.8, 4) is 0 Å². The van der Waals surface area contributed by atoms with Crippen molar-refractivity contribution in [1.29, 1.82) is 0 Å². The van der Waals surface area contributed by atoms with Gasteiger partial charge in [-0.25, -0.2) is 8.42 Å². The third kappa shape index (κ3) is 3.13. The van der Waals surface area contributed by atoms with Crippen LogP contribution in [0.15, 0.2) is 44.5 Å². The van der Waals surface area contributed by atoms with E-state index in [4.69, 9.17) is 20.8 Å². The predicted molar refractivity (Wildman–Crippen MR) is 109 cm³/mol. The van der Waals surface area contributed by atoms with Gasteiger partial charge in [-0.3, -0.25) is 0 Å². The van der Waals surface area contributed by atoms with E-state index >= 15 is 0 Å². The van der Waals surface area contributed by atoms with Gasteiger partial charge in [0.15, 0.2) is 5.58 Å². The molecular weight excluding hydrogens is 421 g/mol. The Morgan fingerprint density at radius 2 is 1.89 bits per heavy atom. The number of hydrogen-bond acceptors (Lipinski definition) is 5. The second kappa shape index (κ2) is 7.35. The van der Waals surface area contributed by atoms with E-state index in [1.54, 1.807) is 18.2 Å². The quantitative estimate of drug-likeness (QED) is 0.651. The van der Waals surface area contributed by atoms with Gasteiger partial charge in [-0.15, -0.1) is 12.4 Å². The van der Waals surface area contributed by atoms with Gasteiger partial charge < -0.3 is 14.5 Å². The number of nitrogens with one attached hydrogen (secondary N) is 1. The summed E-state index contributed by atoms with van der Waals surface area (Å²) in [7, 11) is -3.68. The van der Waals surface area contributed by atoms with E-state index < -0.39 is 9.84 Å². The van der Waals surface area contributed by atoms with Crippen molar-refractivity contribution in [2.75, 3.05) is 13.2 Å². The SMILES string of the molecule is Cl.O=S(=O)(c1ccc2c(c1)CCOC2)c1cc(Cl)c2oc3c(c2c1)CNCC3. The minimum Gasteiger partial charge on any atom is -0.459 e. The average Bonchev–Trinajstić information content (AvgIpc) is 3.07. The zero-order chi connectivity index (χ0) is 18.6. The Balaban J connectivity index is 0.00000192. The molecule has 3 heterocycles. The number of sulfone groups is 1. The molecule has 2 aromatic carbocycles. The largest absolute Gasteiger partial charge is 0.459 e. The molecule has 1 aromatic heterocycles.